The van der Waals surface area contributed by atoms with Crippen molar-refractivity contribution < 1.29 is 33.3 Å². The first-order valence-corrected chi connectivity index (χ1v) is 11.7. The van der Waals surface area contributed by atoms with Crippen molar-refractivity contribution in [2.75, 3.05) is 24.7 Å². The number of Topliss-reactive ketones (excluding diaryl/α,β-unsaturated/α-hetero) is 1. The molecular weight excluding hydrogens is 511 g/mol. The van der Waals surface area contributed by atoms with Crippen LogP contribution in [-0.2, 0) is 30.2 Å². The van der Waals surface area contributed by atoms with E-state index in [0.29, 0.717) is 11.3 Å². The lowest BCUT2D eigenvalue weighted by Gasteiger charge is -2.30. The molecule has 0 saturated carbocycles. The SMILES string of the molecule is CCOC(=O)C(Cc1ccc(N)cc1)(OC[C@H]1O[C@@H](n2cnc3c(N)nc(Cl)nc32)[C@@H](F)[C@@H]1O)C(C)=O. The standard InChI is InChI=1S/C23H26ClFN6O6/c1-3-35-21(34)23(11(2)32,8-12-4-6-13(26)7-5-12)36-9-14-17(33)15(25)20(37-14)31-10-28-16-18(27)29-22(24)30-19(16)31/h4-7,10,14-15,17,20,33H,3,8-9,26H2,1-2H3,(H2,27,29,30)/t14-,15+,17-,20-,23?/m1/s1. The predicted octanol–water partition coefficient (Wildman–Crippen LogP) is 1.39. The summed E-state index contributed by atoms with van der Waals surface area (Å²) in [6.07, 6.45) is -5.17. The zero-order valence-electron chi connectivity index (χ0n) is 20.0. The molecule has 2 aromatic heterocycles. The van der Waals surface area contributed by atoms with Crippen LogP contribution in [0.3, 0.4) is 0 Å². The maximum absolute atomic E-state index is 15.2. The molecule has 3 aromatic rings. The van der Waals surface area contributed by atoms with Crippen molar-refractivity contribution in [1.29, 1.82) is 0 Å². The van der Waals surface area contributed by atoms with Gasteiger partial charge in [0.2, 0.25) is 10.9 Å². The van der Waals surface area contributed by atoms with Crippen LogP contribution in [0, 0.1) is 0 Å². The van der Waals surface area contributed by atoms with Crippen molar-refractivity contribution in [2.45, 2.75) is 50.5 Å². The molecular formula is C23H26ClFN6O6. The summed E-state index contributed by atoms with van der Waals surface area (Å²) in [6, 6.07) is 6.52. The number of aliphatic hydroxyl groups excluding tert-OH is 1. The molecule has 14 heteroatoms. The molecule has 0 aliphatic carbocycles. The van der Waals surface area contributed by atoms with E-state index in [0.717, 1.165) is 0 Å². The maximum Gasteiger partial charge on any atom is 0.346 e. The van der Waals surface area contributed by atoms with E-state index >= 15 is 4.39 Å². The Morgan fingerprint density at radius 2 is 1.97 bits per heavy atom. The Morgan fingerprint density at radius 3 is 2.62 bits per heavy atom. The van der Waals surface area contributed by atoms with Crippen LogP contribution in [0.2, 0.25) is 5.28 Å². The van der Waals surface area contributed by atoms with Gasteiger partial charge in [-0.15, -0.1) is 0 Å². The van der Waals surface area contributed by atoms with Gasteiger partial charge in [0.05, 0.1) is 19.5 Å². The number of nitrogen functional groups attached to an aromatic ring is 2. The highest BCUT2D eigenvalue weighted by molar-refractivity contribution is 6.28. The third-order valence-corrected chi connectivity index (χ3v) is 6.26. The molecule has 1 saturated heterocycles. The van der Waals surface area contributed by atoms with E-state index in [1.54, 1.807) is 31.2 Å². The summed E-state index contributed by atoms with van der Waals surface area (Å²) in [4.78, 5) is 37.7. The summed E-state index contributed by atoms with van der Waals surface area (Å²) >= 11 is 5.88. The number of anilines is 2. The third kappa shape index (κ3) is 5.07. The summed E-state index contributed by atoms with van der Waals surface area (Å²) in [6.45, 7) is 2.27. The van der Waals surface area contributed by atoms with Crippen molar-refractivity contribution in [3.05, 3.63) is 41.4 Å². The number of fused-ring (bicyclic) bond motifs is 1. The molecule has 12 nitrogen and oxygen atoms in total. The number of imidazole rings is 1. The van der Waals surface area contributed by atoms with Crippen LogP contribution >= 0.6 is 11.6 Å². The number of esters is 1. The fourth-order valence-corrected chi connectivity index (χ4v) is 4.28. The molecule has 37 heavy (non-hydrogen) atoms. The summed E-state index contributed by atoms with van der Waals surface area (Å²) in [7, 11) is 0. The molecule has 0 spiro atoms. The van der Waals surface area contributed by atoms with Crippen LogP contribution in [-0.4, -0.2) is 73.6 Å². The fourth-order valence-electron chi connectivity index (χ4n) is 4.11. The highest BCUT2D eigenvalue weighted by Gasteiger charge is 2.50. The number of ketones is 1. The minimum absolute atomic E-state index is 0.00258. The number of carbonyl (C=O) groups is 2. The van der Waals surface area contributed by atoms with Crippen LogP contribution in [0.4, 0.5) is 15.9 Å². The summed E-state index contributed by atoms with van der Waals surface area (Å²) < 4.78 is 33.2. The topological polar surface area (TPSA) is 178 Å². The number of halogens is 2. The van der Waals surface area contributed by atoms with Crippen LogP contribution in [0.25, 0.3) is 11.2 Å². The smallest absolute Gasteiger partial charge is 0.346 e. The van der Waals surface area contributed by atoms with Gasteiger partial charge >= 0.3 is 5.97 Å². The van der Waals surface area contributed by atoms with Crippen LogP contribution in [0.1, 0.15) is 25.6 Å². The van der Waals surface area contributed by atoms with E-state index in [2.05, 4.69) is 15.0 Å². The number of hydrogen-bond donors (Lipinski definition) is 3. The predicted molar refractivity (Wildman–Crippen MR) is 130 cm³/mol. The first-order chi connectivity index (χ1) is 17.6. The maximum atomic E-state index is 15.2. The molecule has 1 aromatic carbocycles. The Hall–Kier alpha value is -3.39. The van der Waals surface area contributed by atoms with Crippen molar-refractivity contribution in [2.24, 2.45) is 0 Å². The number of aromatic nitrogens is 4. The number of nitrogens with zero attached hydrogens (tertiary/aromatic N) is 4. The number of ether oxygens (including phenoxy) is 3. The first kappa shape index (κ1) is 26.7. The van der Waals surface area contributed by atoms with Gasteiger partial charge in [-0.2, -0.15) is 9.97 Å². The number of nitrogens with two attached hydrogens (primary N) is 2. The third-order valence-electron chi connectivity index (χ3n) is 6.09. The number of carbonyl (C=O) groups excluding carboxylic acids is 2. The molecule has 1 aliphatic rings. The average molecular weight is 537 g/mol. The highest BCUT2D eigenvalue weighted by atomic mass is 35.5. The Kier molecular flexibility index (Phi) is 7.59. The molecule has 1 aliphatic heterocycles. The van der Waals surface area contributed by atoms with Crippen molar-refractivity contribution in [1.82, 2.24) is 19.5 Å². The summed E-state index contributed by atoms with van der Waals surface area (Å²) in [5.41, 5.74) is 10.8. The van der Waals surface area contributed by atoms with Crippen molar-refractivity contribution >= 4 is 46.0 Å². The quantitative estimate of drug-likeness (QED) is 0.156. The normalized spacial score (nSPS) is 23.2. The van der Waals surface area contributed by atoms with Gasteiger partial charge in [-0.1, -0.05) is 12.1 Å². The van der Waals surface area contributed by atoms with Gasteiger partial charge in [0, 0.05) is 12.1 Å². The van der Waals surface area contributed by atoms with Gasteiger partial charge in [-0.05, 0) is 43.1 Å². The lowest BCUT2D eigenvalue weighted by atomic mass is 9.90. The molecule has 1 unspecified atom stereocenters. The number of rotatable bonds is 9. The zero-order chi connectivity index (χ0) is 26.9. The molecule has 3 heterocycles. The van der Waals surface area contributed by atoms with E-state index < -0.39 is 48.6 Å². The average Bonchev–Trinajstić information content (AvgIpc) is 3.39. The van der Waals surface area contributed by atoms with E-state index in [-0.39, 0.29) is 35.3 Å². The monoisotopic (exact) mass is 536 g/mol. The molecule has 5 atom stereocenters. The first-order valence-electron chi connectivity index (χ1n) is 11.4. The molecule has 198 valence electrons. The largest absolute Gasteiger partial charge is 0.463 e. The van der Waals surface area contributed by atoms with Gasteiger partial charge in [0.15, 0.2) is 29.6 Å². The van der Waals surface area contributed by atoms with Crippen LogP contribution < -0.4 is 11.5 Å². The minimum Gasteiger partial charge on any atom is -0.463 e. The molecule has 1 fully saturated rings. The molecule has 0 bridgehead atoms. The van der Waals surface area contributed by atoms with E-state index in [9.17, 15) is 14.7 Å². The van der Waals surface area contributed by atoms with Gasteiger partial charge in [0.1, 0.15) is 17.7 Å². The molecule has 5 N–H and O–H groups in total. The van der Waals surface area contributed by atoms with E-state index in [1.165, 1.54) is 17.8 Å². The lowest BCUT2D eigenvalue weighted by Crippen LogP contribution is -2.52. The second kappa shape index (κ2) is 10.5. The second-order valence-electron chi connectivity index (χ2n) is 8.54. The number of hydrogen-bond acceptors (Lipinski definition) is 11. The van der Waals surface area contributed by atoms with Gasteiger partial charge < -0.3 is 30.8 Å². The summed E-state index contributed by atoms with van der Waals surface area (Å²) in [5.74, 6) is -1.56. The van der Waals surface area contributed by atoms with E-state index in [4.69, 9.17) is 37.3 Å². The lowest BCUT2D eigenvalue weighted by molar-refractivity contribution is -0.183. The summed E-state index contributed by atoms with van der Waals surface area (Å²) in [5, 5.41) is 10.4. The van der Waals surface area contributed by atoms with Crippen molar-refractivity contribution in [3.8, 4) is 0 Å². The number of alkyl halides is 1. The number of aliphatic hydroxyl groups is 1. The molecule has 0 amide bonds. The van der Waals surface area contributed by atoms with Gasteiger partial charge in [-0.25, -0.2) is 14.2 Å². The fraction of sp³-hybridized carbons (Fsp3) is 0.435. The Labute approximate surface area is 215 Å². The second-order valence-corrected chi connectivity index (χ2v) is 8.87. The van der Waals surface area contributed by atoms with Gasteiger partial charge in [-0.3, -0.25) is 9.36 Å². The molecule has 4 rings (SSSR count). The Balaban J connectivity index is 1.59. The minimum atomic E-state index is -2.06. The van der Waals surface area contributed by atoms with E-state index in [1.807, 2.05) is 0 Å². The van der Waals surface area contributed by atoms with Gasteiger partial charge in [0.25, 0.3) is 0 Å². The van der Waals surface area contributed by atoms with Crippen LogP contribution in [0.15, 0.2) is 30.6 Å². The Morgan fingerprint density at radius 1 is 1.27 bits per heavy atom. The zero-order valence-corrected chi connectivity index (χ0v) is 20.8. The van der Waals surface area contributed by atoms with Crippen molar-refractivity contribution in [3.63, 3.8) is 0 Å². The highest BCUT2D eigenvalue weighted by Crippen LogP contribution is 2.35. The number of benzene rings is 1. The Bertz CT molecular complexity index is 1310. The van der Waals surface area contributed by atoms with Crippen LogP contribution in [0.5, 0.6) is 0 Å². The molecule has 0 radical (unpaired) electrons.